The van der Waals surface area contributed by atoms with Crippen molar-refractivity contribution in [3.05, 3.63) is 35.7 Å². The van der Waals surface area contributed by atoms with Crippen molar-refractivity contribution in [1.82, 2.24) is 9.88 Å². The first-order valence-corrected chi connectivity index (χ1v) is 5.43. The van der Waals surface area contributed by atoms with E-state index < -0.39 is 0 Å². The molecule has 0 saturated carbocycles. The number of nitrogens with zero attached hydrogens (tertiary/aromatic N) is 1. The van der Waals surface area contributed by atoms with E-state index in [1.807, 2.05) is 12.2 Å². The smallest absolute Gasteiger partial charge is 0.0452 e. The van der Waals surface area contributed by atoms with Gasteiger partial charge >= 0.3 is 0 Å². The normalized spacial score (nSPS) is 16.9. The number of rotatable bonds is 2. The topological polar surface area (TPSA) is 19.0 Å². The Labute approximate surface area is 91.3 Å². The van der Waals surface area contributed by atoms with Gasteiger partial charge in [-0.25, -0.2) is 0 Å². The van der Waals surface area contributed by atoms with Gasteiger partial charge < -0.3 is 9.88 Å². The molecule has 1 aliphatic heterocycles. The number of likely N-dealkylation sites (N-methyl/N-ethyl adjacent to an activating group) is 1. The number of fused-ring (bicyclic) bond motifs is 1. The quantitative estimate of drug-likeness (QED) is 0.780. The molecule has 80 valence electrons. The van der Waals surface area contributed by atoms with Crippen LogP contribution in [0.5, 0.6) is 0 Å². The summed E-state index contributed by atoms with van der Waals surface area (Å²) in [4.78, 5) is 5.82. The Morgan fingerprint density at radius 1 is 1.20 bits per heavy atom. The highest BCUT2D eigenvalue weighted by Gasteiger charge is 2.17. The lowest BCUT2D eigenvalue weighted by Gasteiger charge is -2.11. The number of hydrogen-bond acceptors (Lipinski definition) is 1. The van der Waals surface area contributed by atoms with Crippen LogP contribution in [0.4, 0.5) is 0 Å². The lowest BCUT2D eigenvalue weighted by atomic mass is 10.0. The largest absolute Gasteiger partial charge is 0.358 e. The van der Waals surface area contributed by atoms with Crippen LogP contribution < -0.4 is 0 Å². The second kappa shape index (κ2) is 4.07. The first kappa shape index (κ1) is 10.2. The summed E-state index contributed by atoms with van der Waals surface area (Å²) in [7, 11) is 2.17. The molecule has 0 unspecified atom stereocenters. The van der Waals surface area contributed by atoms with Crippen LogP contribution in [0.3, 0.4) is 0 Å². The van der Waals surface area contributed by atoms with Gasteiger partial charge in [0.25, 0.3) is 0 Å². The fraction of sp³-hybridized carbons (Fsp3) is 0.385. The van der Waals surface area contributed by atoms with E-state index in [1.54, 1.807) is 0 Å². The van der Waals surface area contributed by atoms with Gasteiger partial charge in [-0.2, -0.15) is 0 Å². The monoisotopic (exact) mass is 202 g/mol. The molecule has 0 aliphatic carbocycles. The number of nitrogens with one attached hydrogen (secondary N) is 1. The molecule has 0 spiro atoms. The Morgan fingerprint density at radius 2 is 1.93 bits per heavy atom. The average molecular weight is 202 g/mol. The fourth-order valence-electron chi connectivity index (χ4n) is 2.24. The van der Waals surface area contributed by atoms with Gasteiger partial charge in [0, 0.05) is 36.5 Å². The van der Waals surface area contributed by atoms with Crippen molar-refractivity contribution in [2.75, 3.05) is 20.1 Å². The highest BCUT2D eigenvalue weighted by molar-refractivity contribution is 5.66. The van der Waals surface area contributed by atoms with Crippen LogP contribution in [-0.4, -0.2) is 30.0 Å². The van der Waals surface area contributed by atoms with Crippen LogP contribution in [0.15, 0.2) is 13.2 Å². The summed E-state index contributed by atoms with van der Waals surface area (Å²) in [5, 5.41) is 0. The maximum absolute atomic E-state index is 3.89. The number of aromatic nitrogens is 1. The molecule has 0 saturated heterocycles. The third kappa shape index (κ3) is 1.77. The molecule has 1 aromatic rings. The van der Waals surface area contributed by atoms with Crippen molar-refractivity contribution in [3.8, 4) is 0 Å². The molecular formula is C13H18N2. The lowest BCUT2D eigenvalue weighted by molar-refractivity contribution is 0.351. The Kier molecular flexibility index (Phi) is 2.78. The van der Waals surface area contributed by atoms with E-state index in [4.69, 9.17) is 0 Å². The third-order valence-corrected chi connectivity index (χ3v) is 3.16. The molecule has 0 bridgehead atoms. The zero-order valence-electron chi connectivity index (χ0n) is 9.34. The second-order valence-electron chi connectivity index (χ2n) is 4.12. The lowest BCUT2D eigenvalue weighted by Crippen LogP contribution is -2.21. The Balaban J connectivity index is 2.43. The molecule has 1 aromatic heterocycles. The van der Waals surface area contributed by atoms with Crippen LogP contribution in [0.2, 0.25) is 0 Å². The van der Waals surface area contributed by atoms with Gasteiger partial charge in [0.05, 0.1) is 0 Å². The first-order chi connectivity index (χ1) is 7.26. The highest BCUT2D eigenvalue weighted by Crippen LogP contribution is 2.24. The summed E-state index contributed by atoms with van der Waals surface area (Å²) < 4.78 is 0. The standard InChI is InChI=1S/C13H18N2/c1-4-10-11-6-8-15(3)9-7-13(11)14-12(10)5-2/h4-5,14H,1-2,6-9H2,3H3. The van der Waals surface area contributed by atoms with Crippen LogP contribution in [-0.2, 0) is 12.8 Å². The Bertz CT molecular complexity index is 387. The molecular weight excluding hydrogens is 184 g/mol. The van der Waals surface area contributed by atoms with E-state index >= 15 is 0 Å². The maximum Gasteiger partial charge on any atom is 0.0452 e. The molecule has 2 nitrogen and oxygen atoms in total. The minimum atomic E-state index is 1.10. The third-order valence-electron chi connectivity index (χ3n) is 3.16. The fourth-order valence-corrected chi connectivity index (χ4v) is 2.24. The molecule has 0 radical (unpaired) electrons. The summed E-state index contributed by atoms with van der Waals surface area (Å²) in [6, 6.07) is 0. The van der Waals surface area contributed by atoms with E-state index in [9.17, 15) is 0 Å². The van der Waals surface area contributed by atoms with Crippen LogP contribution >= 0.6 is 0 Å². The zero-order valence-corrected chi connectivity index (χ0v) is 9.34. The Hall–Kier alpha value is -1.28. The molecule has 0 fully saturated rings. The molecule has 0 aromatic carbocycles. The SMILES string of the molecule is C=Cc1[nH]c2c(c1C=C)CCN(C)CC2. The summed E-state index contributed by atoms with van der Waals surface area (Å²) in [6.45, 7) is 9.97. The van der Waals surface area contributed by atoms with Crippen molar-refractivity contribution in [3.63, 3.8) is 0 Å². The minimum Gasteiger partial charge on any atom is -0.358 e. The predicted molar refractivity (Wildman–Crippen MR) is 65.9 cm³/mol. The molecule has 2 heteroatoms. The minimum absolute atomic E-state index is 1.10. The van der Waals surface area contributed by atoms with Crippen LogP contribution in [0.1, 0.15) is 22.5 Å². The van der Waals surface area contributed by atoms with Crippen molar-refractivity contribution in [2.45, 2.75) is 12.8 Å². The summed E-state index contributed by atoms with van der Waals surface area (Å²) in [6.07, 6.45) is 6.03. The van der Waals surface area contributed by atoms with E-state index in [1.165, 1.54) is 16.8 Å². The Morgan fingerprint density at radius 3 is 2.60 bits per heavy atom. The van der Waals surface area contributed by atoms with Gasteiger partial charge in [0.2, 0.25) is 0 Å². The molecule has 2 rings (SSSR count). The second-order valence-corrected chi connectivity index (χ2v) is 4.12. The van der Waals surface area contributed by atoms with Gasteiger partial charge in [0.1, 0.15) is 0 Å². The zero-order chi connectivity index (χ0) is 10.8. The van der Waals surface area contributed by atoms with Crippen molar-refractivity contribution >= 4 is 12.2 Å². The summed E-state index contributed by atoms with van der Waals surface area (Å²) >= 11 is 0. The van der Waals surface area contributed by atoms with Gasteiger partial charge in [0.15, 0.2) is 0 Å². The molecule has 15 heavy (non-hydrogen) atoms. The van der Waals surface area contributed by atoms with Crippen molar-refractivity contribution < 1.29 is 0 Å². The van der Waals surface area contributed by atoms with Gasteiger partial charge in [-0.15, -0.1) is 0 Å². The molecule has 1 aliphatic rings. The van der Waals surface area contributed by atoms with Crippen LogP contribution in [0.25, 0.3) is 12.2 Å². The number of hydrogen-bond donors (Lipinski definition) is 1. The maximum atomic E-state index is 3.89. The predicted octanol–water partition coefficient (Wildman–Crippen LogP) is 2.33. The van der Waals surface area contributed by atoms with E-state index in [2.05, 4.69) is 30.1 Å². The molecule has 0 atom stereocenters. The van der Waals surface area contributed by atoms with E-state index in [0.717, 1.165) is 31.6 Å². The van der Waals surface area contributed by atoms with Crippen LogP contribution in [0, 0.1) is 0 Å². The van der Waals surface area contributed by atoms with E-state index in [0.29, 0.717) is 0 Å². The van der Waals surface area contributed by atoms with Gasteiger partial charge in [-0.1, -0.05) is 19.2 Å². The van der Waals surface area contributed by atoms with Crippen molar-refractivity contribution in [2.24, 2.45) is 0 Å². The molecule has 1 N–H and O–H groups in total. The average Bonchev–Trinajstić information content (AvgIpc) is 2.50. The molecule has 0 amide bonds. The molecule has 2 heterocycles. The number of H-pyrrole nitrogens is 1. The summed E-state index contributed by atoms with van der Waals surface area (Å²) in [5.41, 5.74) is 5.17. The van der Waals surface area contributed by atoms with Crippen molar-refractivity contribution in [1.29, 1.82) is 0 Å². The van der Waals surface area contributed by atoms with Gasteiger partial charge in [-0.05, 0) is 25.1 Å². The highest BCUT2D eigenvalue weighted by atomic mass is 15.1. The number of aromatic amines is 1. The summed E-state index contributed by atoms with van der Waals surface area (Å²) in [5.74, 6) is 0. The van der Waals surface area contributed by atoms with Gasteiger partial charge in [-0.3, -0.25) is 0 Å². The first-order valence-electron chi connectivity index (χ1n) is 5.43. The van der Waals surface area contributed by atoms with E-state index in [-0.39, 0.29) is 0 Å².